The van der Waals surface area contributed by atoms with Gasteiger partial charge in [-0.25, -0.2) is 8.42 Å². The van der Waals surface area contributed by atoms with Gasteiger partial charge in [-0.05, 0) is 19.3 Å². The van der Waals surface area contributed by atoms with Crippen molar-refractivity contribution in [1.82, 2.24) is 0 Å². The van der Waals surface area contributed by atoms with E-state index in [1.165, 1.54) is 0 Å². The van der Waals surface area contributed by atoms with Crippen molar-refractivity contribution >= 4 is 10.1 Å². The molecule has 58 valence electrons. The quantitative estimate of drug-likeness (QED) is 0.260. The molecule has 0 aliphatic heterocycles. The summed E-state index contributed by atoms with van der Waals surface area (Å²) in [7, 11) is -4.03. The Balaban J connectivity index is 0.000001000. The minimum absolute atomic E-state index is 0. The van der Waals surface area contributed by atoms with E-state index in [1.807, 2.05) is 6.08 Å². The maximum Gasteiger partial charge on any atom is 1.00 e. The second-order valence-electron chi connectivity index (χ2n) is 2.40. The van der Waals surface area contributed by atoms with Crippen LogP contribution in [0.25, 0.3) is 0 Å². The summed E-state index contributed by atoms with van der Waals surface area (Å²) >= 11 is 0. The van der Waals surface area contributed by atoms with Crippen LogP contribution in [0.5, 0.6) is 0 Å². The number of rotatable bonds is 1. The molecule has 0 bridgehead atoms. The Morgan fingerprint density at radius 3 is 2.27 bits per heavy atom. The summed E-state index contributed by atoms with van der Waals surface area (Å²) in [5.41, 5.74) is 0. The first kappa shape index (κ1) is 11.6. The standard InChI is InChI=1S/C6H10O3S.Na/c7-10(8,9)6-4-2-1-3-5-6;/h1-2,6H,3-5H2,(H,7,8,9);/q;+1/p-1. The average molecular weight is 184 g/mol. The molecule has 0 saturated heterocycles. The fourth-order valence-corrected chi connectivity index (χ4v) is 1.80. The Bertz CT molecular complexity index is 232. The van der Waals surface area contributed by atoms with Gasteiger partial charge in [0.15, 0.2) is 0 Å². The molecule has 0 aromatic rings. The third kappa shape index (κ3) is 3.71. The van der Waals surface area contributed by atoms with Gasteiger partial charge in [0.1, 0.15) is 0 Å². The maximum absolute atomic E-state index is 10.4. The summed E-state index contributed by atoms with van der Waals surface area (Å²) in [6.45, 7) is 0. The molecule has 1 rings (SSSR count). The molecule has 0 N–H and O–H groups in total. The minimum Gasteiger partial charge on any atom is -0.748 e. The summed E-state index contributed by atoms with van der Waals surface area (Å²) in [5.74, 6) is 0. The summed E-state index contributed by atoms with van der Waals surface area (Å²) in [4.78, 5) is 0. The summed E-state index contributed by atoms with van der Waals surface area (Å²) in [6, 6.07) is 0. The van der Waals surface area contributed by atoms with Crippen molar-refractivity contribution in [3.8, 4) is 0 Å². The van der Waals surface area contributed by atoms with Gasteiger partial charge in [0.2, 0.25) is 0 Å². The summed E-state index contributed by atoms with van der Waals surface area (Å²) in [6.07, 6.45) is 5.26. The fraction of sp³-hybridized carbons (Fsp3) is 0.667. The van der Waals surface area contributed by atoms with Gasteiger partial charge in [0, 0.05) is 0 Å². The molecule has 3 nitrogen and oxygen atoms in total. The number of hydrogen-bond donors (Lipinski definition) is 0. The van der Waals surface area contributed by atoms with Gasteiger partial charge in [-0.1, -0.05) is 12.2 Å². The Kier molecular flexibility index (Phi) is 4.89. The Labute approximate surface area is 88.9 Å². The van der Waals surface area contributed by atoms with Gasteiger partial charge in [0.25, 0.3) is 0 Å². The minimum atomic E-state index is -4.03. The smallest absolute Gasteiger partial charge is 0.748 e. The molecule has 0 radical (unpaired) electrons. The maximum atomic E-state index is 10.4. The van der Waals surface area contributed by atoms with Crippen LogP contribution in [-0.2, 0) is 10.1 Å². The van der Waals surface area contributed by atoms with Crippen molar-refractivity contribution in [3.63, 3.8) is 0 Å². The second-order valence-corrected chi connectivity index (χ2v) is 4.05. The van der Waals surface area contributed by atoms with Gasteiger partial charge >= 0.3 is 29.6 Å². The Hall–Kier alpha value is 0.650. The molecule has 0 spiro atoms. The van der Waals surface area contributed by atoms with Crippen LogP contribution in [0.15, 0.2) is 12.2 Å². The molecule has 1 aliphatic carbocycles. The zero-order valence-electron chi connectivity index (χ0n) is 6.49. The van der Waals surface area contributed by atoms with Crippen LogP contribution in [0, 0.1) is 0 Å². The molecular weight excluding hydrogens is 175 g/mol. The van der Waals surface area contributed by atoms with Crippen molar-refractivity contribution in [2.24, 2.45) is 0 Å². The molecule has 1 atom stereocenters. The summed E-state index contributed by atoms with van der Waals surface area (Å²) in [5, 5.41) is -0.669. The SMILES string of the molecule is O=S(=O)([O-])C1CC=CCC1.[Na+]. The van der Waals surface area contributed by atoms with E-state index in [0.29, 0.717) is 19.3 Å². The van der Waals surface area contributed by atoms with Crippen molar-refractivity contribution in [2.75, 3.05) is 0 Å². The third-order valence-corrected chi connectivity index (χ3v) is 2.87. The van der Waals surface area contributed by atoms with Crippen molar-refractivity contribution in [1.29, 1.82) is 0 Å². The van der Waals surface area contributed by atoms with E-state index in [-0.39, 0.29) is 29.6 Å². The molecule has 0 heterocycles. The molecule has 11 heavy (non-hydrogen) atoms. The van der Waals surface area contributed by atoms with E-state index in [2.05, 4.69) is 0 Å². The molecule has 0 amide bonds. The van der Waals surface area contributed by atoms with Gasteiger partial charge in [0.05, 0.1) is 15.4 Å². The monoisotopic (exact) mass is 184 g/mol. The predicted molar refractivity (Wildman–Crippen MR) is 36.5 cm³/mol. The van der Waals surface area contributed by atoms with Crippen LogP contribution in [0.2, 0.25) is 0 Å². The van der Waals surface area contributed by atoms with Crippen LogP contribution < -0.4 is 29.6 Å². The molecule has 0 aromatic carbocycles. The third-order valence-electron chi connectivity index (χ3n) is 1.63. The first-order valence-electron chi connectivity index (χ1n) is 3.20. The normalized spacial score (nSPS) is 24.3. The predicted octanol–water partition coefficient (Wildman–Crippen LogP) is -2.36. The van der Waals surface area contributed by atoms with Gasteiger partial charge in [-0.2, -0.15) is 0 Å². The number of allylic oxidation sites excluding steroid dienone is 2. The molecule has 1 aliphatic rings. The van der Waals surface area contributed by atoms with Crippen molar-refractivity contribution in [3.05, 3.63) is 12.2 Å². The van der Waals surface area contributed by atoms with Gasteiger partial charge in [-0.3, -0.25) is 0 Å². The van der Waals surface area contributed by atoms with E-state index in [0.717, 1.165) is 0 Å². The topological polar surface area (TPSA) is 57.2 Å². The fourth-order valence-electron chi connectivity index (χ4n) is 1.03. The summed E-state index contributed by atoms with van der Waals surface area (Å²) < 4.78 is 31.2. The van der Waals surface area contributed by atoms with Crippen molar-refractivity contribution < 1.29 is 42.5 Å². The van der Waals surface area contributed by atoms with Crippen LogP contribution in [-0.4, -0.2) is 18.2 Å². The Morgan fingerprint density at radius 2 is 2.00 bits per heavy atom. The first-order chi connectivity index (χ1) is 4.61. The van der Waals surface area contributed by atoms with Crippen LogP contribution in [0.4, 0.5) is 0 Å². The van der Waals surface area contributed by atoms with Crippen molar-refractivity contribution in [2.45, 2.75) is 24.5 Å². The van der Waals surface area contributed by atoms with Crippen LogP contribution >= 0.6 is 0 Å². The molecule has 1 unspecified atom stereocenters. The Morgan fingerprint density at radius 1 is 1.36 bits per heavy atom. The molecule has 0 aromatic heterocycles. The van der Waals surface area contributed by atoms with E-state index < -0.39 is 15.4 Å². The van der Waals surface area contributed by atoms with Crippen LogP contribution in [0.3, 0.4) is 0 Å². The van der Waals surface area contributed by atoms with Gasteiger partial charge < -0.3 is 4.55 Å². The van der Waals surface area contributed by atoms with E-state index in [9.17, 15) is 13.0 Å². The zero-order chi connectivity index (χ0) is 7.61. The number of hydrogen-bond acceptors (Lipinski definition) is 3. The van der Waals surface area contributed by atoms with Gasteiger partial charge in [-0.15, -0.1) is 0 Å². The average Bonchev–Trinajstić information content (AvgIpc) is 1.88. The van der Waals surface area contributed by atoms with E-state index >= 15 is 0 Å². The molecule has 0 saturated carbocycles. The molecule has 0 fully saturated rings. The zero-order valence-corrected chi connectivity index (χ0v) is 9.30. The van der Waals surface area contributed by atoms with E-state index in [4.69, 9.17) is 0 Å². The first-order valence-corrected chi connectivity index (χ1v) is 4.67. The van der Waals surface area contributed by atoms with E-state index in [1.54, 1.807) is 6.08 Å². The molecule has 5 heteroatoms. The molecular formula is C6H9NaO3S. The second kappa shape index (κ2) is 4.62. The van der Waals surface area contributed by atoms with Crippen LogP contribution in [0.1, 0.15) is 19.3 Å². The largest absolute Gasteiger partial charge is 1.00 e.